The van der Waals surface area contributed by atoms with Crippen molar-refractivity contribution >= 4 is 35.0 Å². The number of hydrogen-bond acceptors (Lipinski definition) is 7. The number of carbonyl (C=O) groups is 4. The molecule has 0 aliphatic carbocycles. The summed E-state index contributed by atoms with van der Waals surface area (Å²) in [7, 11) is 1.64. The van der Waals surface area contributed by atoms with Gasteiger partial charge in [-0.3, -0.25) is 9.36 Å². The van der Waals surface area contributed by atoms with Crippen LogP contribution < -0.4 is 5.32 Å². The van der Waals surface area contributed by atoms with E-state index >= 15 is 0 Å². The molecule has 0 saturated carbocycles. The van der Waals surface area contributed by atoms with E-state index < -0.39 is 29.8 Å². The molecule has 46 heavy (non-hydrogen) atoms. The Balaban J connectivity index is 1.48. The smallest absolute Gasteiger partial charge is 0.410 e. The van der Waals surface area contributed by atoms with E-state index in [9.17, 15) is 19.2 Å². The number of benzene rings is 3. The third-order valence-corrected chi connectivity index (χ3v) is 7.09. The van der Waals surface area contributed by atoms with Gasteiger partial charge in [0.05, 0.1) is 5.52 Å². The second-order valence-electron chi connectivity index (χ2n) is 12.0. The summed E-state index contributed by atoms with van der Waals surface area (Å²) in [5, 5.41) is 3.43. The molecule has 10 heteroatoms. The topological polar surface area (TPSA) is 116 Å². The largest absolute Gasteiger partial charge is 0.459 e. The molecule has 1 aromatic heterocycles. The van der Waals surface area contributed by atoms with Crippen LogP contribution >= 0.6 is 0 Å². The quantitative estimate of drug-likeness (QED) is 0.141. The average Bonchev–Trinajstić information content (AvgIpc) is 3.40. The summed E-state index contributed by atoms with van der Waals surface area (Å²) in [6.07, 6.45) is 1.15. The number of hydrogen-bond donors (Lipinski definition) is 1. The number of amides is 2. The van der Waals surface area contributed by atoms with Gasteiger partial charge in [0, 0.05) is 38.0 Å². The number of ether oxygens (including phenoxy) is 3. The summed E-state index contributed by atoms with van der Waals surface area (Å²) in [4.78, 5) is 53.3. The molecule has 0 aliphatic heterocycles. The predicted molar refractivity (Wildman–Crippen MR) is 174 cm³/mol. The van der Waals surface area contributed by atoms with Crippen LogP contribution in [0.4, 0.5) is 9.59 Å². The molecular weight excluding hydrogens is 586 g/mol. The lowest BCUT2D eigenvalue weighted by Crippen LogP contribution is -2.43. The fraction of sp³-hybridized carbons (Fsp3) is 0.333. The highest BCUT2D eigenvalue weighted by Gasteiger charge is 2.26. The standard InChI is InChI=1S/C36H41N3O7/c1-36(2,3)46-35(43)38(4)21-13-20-32(40)39-23-28(29-18-11-12-19-31(29)39)22-30(33(41)44-24-26-14-7-5-8-15-26)37-34(42)45-25-27-16-9-6-10-17-27/h5-12,14-19,23,30H,13,20-22,24-25H2,1-4H3,(H,37,42)/t30-/m0/s1. The summed E-state index contributed by atoms with van der Waals surface area (Å²) in [5.41, 5.74) is 2.35. The fourth-order valence-electron chi connectivity index (χ4n) is 4.79. The van der Waals surface area contributed by atoms with Crippen LogP contribution in [0.3, 0.4) is 0 Å². The van der Waals surface area contributed by atoms with Crippen LogP contribution in [0.25, 0.3) is 10.9 Å². The van der Waals surface area contributed by atoms with E-state index in [0.29, 0.717) is 24.0 Å². The van der Waals surface area contributed by atoms with Gasteiger partial charge < -0.3 is 24.4 Å². The lowest BCUT2D eigenvalue weighted by Gasteiger charge is -2.24. The van der Waals surface area contributed by atoms with Crippen LogP contribution in [0.2, 0.25) is 0 Å². The van der Waals surface area contributed by atoms with E-state index in [-0.39, 0.29) is 32.0 Å². The molecule has 0 unspecified atom stereocenters. The van der Waals surface area contributed by atoms with Crippen molar-refractivity contribution < 1.29 is 33.4 Å². The number of alkyl carbamates (subject to hydrolysis) is 1. The third-order valence-electron chi connectivity index (χ3n) is 7.09. The molecule has 242 valence electrons. The number of carbonyl (C=O) groups excluding carboxylic acids is 4. The van der Waals surface area contributed by atoms with Crippen molar-refractivity contribution in [3.8, 4) is 0 Å². The number of aromatic nitrogens is 1. The zero-order valence-electron chi connectivity index (χ0n) is 26.7. The van der Waals surface area contributed by atoms with Crippen LogP contribution in [0.15, 0.2) is 91.1 Å². The summed E-state index contributed by atoms with van der Waals surface area (Å²) < 4.78 is 17.9. The Kier molecular flexibility index (Phi) is 11.6. The second kappa shape index (κ2) is 15.7. The first-order valence-corrected chi connectivity index (χ1v) is 15.2. The average molecular weight is 628 g/mol. The van der Waals surface area contributed by atoms with Crippen molar-refractivity contribution in [1.29, 1.82) is 0 Å². The molecule has 0 saturated heterocycles. The highest BCUT2D eigenvalue weighted by molar-refractivity contribution is 5.95. The molecule has 0 radical (unpaired) electrons. The van der Waals surface area contributed by atoms with Crippen molar-refractivity contribution in [1.82, 2.24) is 14.8 Å². The third kappa shape index (κ3) is 9.95. The Morgan fingerprint density at radius 2 is 1.41 bits per heavy atom. The van der Waals surface area contributed by atoms with Crippen LogP contribution in [0.5, 0.6) is 0 Å². The second-order valence-corrected chi connectivity index (χ2v) is 12.0. The highest BCUT2D eigenvalue weighted by Crippen LogP contribution is 2.24. The van der Waals surface area contributed by atoms with Gasteiger partial charge in [-0.2, -0.15) is 0 Å². The summed E-state index contributed by atoms with van der Waals surface area (Å²) in [6.45, 7) is 5.82. The first-order chi connectivity index (χ1) is 22.0. The number of rotatable bonds is 12. The van der Waals surface area contributed by atoms with Crippen LogP contribution in [0.1, 0.15) is 55.1 Å². The molecule has 3 aromatic carbocycles. The Bertz CT molecular complexity index is 1630. The lowest BCUT2D eigenvalue weighted by molar-refractivity contribution is -0.147. The van der Waals surface area contributed by atoms with E-state index in [1.54, 1.807) is 38.6 Å². The molecule has 4 aromatic rings. The minimum Gasteiger partial charge on any atom is -0.459 e. The van der Waals surface area contributed by atoms with Gasteiger partial charge in [0.15, 0.2) is 0 Å². The van der Waals surface area contributed by atoms with Gasteiger partial charge in [-0.05, 0) is 49.9 Å². The molecule has 10 nitrogen and oxygen atoms in total. The van der Waals surface area contributed by atoms with Crippen LogP contribution in [-0.2, 0) is 38.6 Å². The normalized spacial score (nSPS) is 11.8. The summed E-state index contributed by atoms with van der Waals surface area (Å²) >= 11 is 0. The maximum atomic E-state index is 13.4. The lowest BCUT2D eigenvalue weighted by atomic mass is 10.1. The Morgan fingerprint density at radius 1 is 0.826 bits per heavy atom. The van der Waals surface area contributed by atoms with Gasteiger partial charge in [-0.25, -0.2) is 14.4 Å². The zero-order chi connectivity index (χ0) is 33.1. The van der Waals surface area contributed by atoms with E-state index in [2.05, 4.69) is 5.32 Å². The maximum absolute atomic E-state index is 13.4. The Labute approximate surface area is 269 Å². The first-order valence-electron chi connectivity index (χ1n) is 15.2. The molecule has 0 fully saturated rings. The molecule has 1 heterocycles. The zero-order valence-corrected chi connectivity index (χ0v) is 26.7. The van der Waals surface area contributed by atoms with E-state index in [1.165, 1.54) is 4.90 Å². The summed E-state index contributed by atoms with van der Waals surface area (Å²) in [5.74, 6) is -0.799. The number of nitrogens with zero attached hydrogens (tertiary/aromatic N) is 2. The van der Waals surface area contributed by atoms with Gasteiger partial charge in [-0.15, -0.1) is 0 Å². The van der Waals surface area contributed by atoms with Crippen molar-refractivity contribution in [2.75, 3.05) is 13.6 Å². The van der Waals surface area contributed by atoms with Gasteiger partial charge in [0.25, 0.3) is 0 Å². The maximum Gasteiger partial charge on any atom is 0.410 e. The van der Waals surface area contributed by atoms with Crippen molar-refractivity contribution in [2.24, 2.45) is 0 Å². The number of fused-ring (bicyclic) bond motifs is 1. The van der Waals surface area contributed by atoms with Gasteiger partial charge in [0.2, 0.25) is 5.91 Å². The highest BCUT2D eigenvalue weighted by atomic mass is 16.6. The summed E-state index contributed by atoms with van der Waals surface area (Å²) in [6, 6.07) is 24.8. The van der Waals surface area contributed by atoms with Gasteiger partial charge in [-0.1, -0.05) is 78.9 Å². The van der Waals surface area contributed by atoms with Crippen molar-refractivity contribution in [3.05, 3.63) is 108 Å². The van der Waals surface area contributed by atoms with Crippen LogP contribution in [-0.4, -0.2) is 58.8 Å². The molecule has 0 aliphatic rings. The van der Waals surface area contributed by atoms with Gasteiger partial charge >= 0.3 is 18.2 Å². The monoisotopic (exact) mass is 627 g/mol. The Hall–Kier alpha value is -5.12. The van der Waals surface area contributed by atoms with Crippen molar-refractivity contribution in [3.63, 3.8) is 0 Å². The molecular formula is C36H41N3O7. The molecule has 1 N–H and O–H groups in total. The minimum atomic E-state index is -1.08. The van der Waals surface area contributed by atoms with Crippen molar-refractivity contribution in [2.45, 2.75) is 64.9 Å². The van der Waals surface area contributed by atoms with Crippen LogP contribution in [0, 0.1) is 0 Å². The molecule has 4 rings (SSSR count). The number of nitrogens with one attached hydrogen (secondary N) is 1. The number of para-hydroxylation sites is 1. The Morgan fingerprint density at radius 3 is 2.04 bits per heavy atom. The SMILES string of the molecule is CN(CCCC(=O)n1cc(C[C@H](NC(=O)OCc2ccccc2)C(=O)OCc2ccccc2)c2ccccc21)C(=O)OC(C)(C)C. The minimum absolute atomic E-state index is 0.0366. The van der Waals surface area contributed by atoms with E-state index in [0.717, 1.165) is 16.5 Å². The fourth-order valence-corrected chi connectivity index (χ4v) is 4.79. The predicted octanol–water partition coefficient (Wildman–Crippen LogP) is 6.51. The molecule has 2 amide bonds. The number of esters is 1. The first kappa shape index (κ1) is 33.8. The van der Waals surface area contributed by atoms with E-state index in [4.69, 9.17) is 14.2 Å². The molecule has 0 spiro atoms. The molecule has 1 atom stereocenters. The molecule has 0 bridgehead atoms. The van der Waals surface area contributed by atoms with Gasteiger partial charge in [0.1, 0.15) is 24.9 Å². The van der Waals surface area contributed by atoms with E-state index in [1.807, 2.05) is 84.9 Å².